The fourth-order valence-electron chi connectivity index (χ4n) is 1.52. The molecule has 20 heavy (non-hydrogen) atoms. The van der Waals surface area contributed by atoms with E-state index >= 15 is 0 Å². The first-order chi connectivity index (χ1) is 9.69. The van der Waals surface area contributed by atoms with Crippen LogP contribution in [-0.2, 0) is 9.53 Å². The lowest BCUT2D eigenvalue weighted by atomic mass is 10.1. The second-order valence-electron chi connectivity index (χ2n) is 3.83. The van der Waals surface area contributed by atoms with Crippen molar-refractivity contribution in [1.29, 1.82) is 0 Å². The van der Waals surface area contributed by atoms with Crippen molar-refractivity contribution in [3.05, 3.63) is 41.6 Å². The van der Waals surface area contributed by atoms with Gasteiger partial charge in [0, 0.05) is 16.8 Å². The Morgan fingerprint density at radius 3 is 2.75 bits per heavy atom. The summed E-state index contributed by atoms with van der Waals surface area (Å²) in [6.07, 6.45) is 1.67. The summed E-state index contributed by atoms with van der Waals surface area (Å²) in [5.74, 6) is -0.0595. The summed E-state index contributed by atoms with van der Waals surface area (Å²) in [6.45, 7) is 2.16. The Hall–Kier alpha value is -1.59. The molecule has 0 unspecified atom stereocenters. The Morgan fingerprint density at radius 2 is 2.05 bits per heavy atom. The summed E-state index contributed by atoms with van der Waals surface area (Å²) in [6, 6.07) is 9.22. The van der Waals surface area contributed by atoms with Crippen molar-refractivity contribution in [3.63, 3.8) is 0 Å². The van der Waals surface area contributed by atoms with Gasteiger partial charge in [-0.3, -0.25) is 4.79 Å². The van der Waals surface area contributed by atoms with E-state index in [1.54, 1.807) is 13.1 Å². The molecule has 0 N–H and O–H groups in total. The van der Waals surface area contributed by atoms with Crippen molar-refractivity contribution >= 4 is 29.3 Å². The average Bonchev–Trinajstić information content (AvgIpc) is 2.47. The molecular formula is C14H13ClN2O2S. The Kier molecular flexibility index (Phi) is 5.38. The SMILES string of the molecule is CCOC(=O)CSc1nccc(-c2ccc(Cl)cc2)n1. The molecule has 0 saturated heterocycles. The van der Waals surface area contributed by atoms with Crippen LogP contribution in [0.25, 0.3) is 11.3 Å². The summed E-state index contributed by atoms with van der Waals surface area (Å²) in [5, 5.41) is 1.23. The number of benzene rings is 1. The number of carbonyl (C=O) groups excluding carboxylic acids is 1. The van der Waals surface area contributed by atoms with Crippen LogP contribution in [0, 0.1) is 0 Å². The van der Waals surface area contributed by atoms with E-state index in [1.165, 1.54) is 11.8 Å². The van der Waals surface area contributed by atoms with Crippen LogP contribution < -0.4 is 0 Å². The molecule has 4 nitrogen and oxygen atoms in total. The fourth-order valence-corrected chi connectivity index (χ4v) is 2.27. The highest BCUT2D eigenvalue weighted by atomic mass is 35.5. The summed E-state index contributed by atoms with van der Waals surface area (Å²) >= 11 is 7.11. The van der Waals surface area contributed by atoms with Crippen molar-refractivity contribution < 1.29 is 9.53 Å². The quantitative estimate of drug-likeness (QED) is 0.481. The first-order valence-corrected chi connectivity index (χ1v) is 7.43. The molecule has 2 aromatic rings. The molecule has 2 rings (SSSR count). The highest BCUT2D eigenvalue weighted by Gasteiger charge is 2.07. The summed E-state index contributed by atoms with van der Waals surface area (Å²) in [4.78, 5) is 19.8. The Bertz CT molecular complexity index is 590. The number of hydrogen-bond donors (Lipinski definition) is 0. The standard InChI is InChI=1S/C14H13ClN2O2S/c1-2-19-13(18)9-20-14-16-8-7-12(17-14)10-3-5-11(15)6-4-10/h3-8H,2,9H2,1H3. The van der Waals surface area contributed by atoms with Crippen molar-refractivity contribution in [3.8, 4) is 11.3 Å². The van der Waals surface area contributed by atoms with E-state index in [2.05, 4.69) is 9.97 Å². The van der Waals surface area contributed by atoms with Crippen LogP contribution in [0.3, 0.4) is 0 Å². The van der Waals surface area contributed by atoms with Crippen LogP contribution in [0.5, 0.6) is 0 Å². The topological polar surface area (TPSA) is 52.1 Å². The summed E-state index contributed by atoms with van der Waals surface area (Å²) in [5.41, 5.74) is 1.75. The van der Waals surface area contributed by atoms with Gasteiger partial charge in [0.1, 0.15) is 0 Å². The number of hydrogen-bond acceptors (Lipinski definition) is 5. The van der Waals surface area contributed by atoms with Crippen molar-refractivity contribution in [1.82, 2.24) is 9.97 Å². The number of carbonyl (C=O) groups is 1. The maximum absolute atomic E-state index is 11.3. The normalized spacial score (nSPS) is 10.3. The predicted molar refractivity (Wildman–Crippen MR) is 79.8 cm³/mol. The first-order valence-electron chi connectivity index (χ1n) is 6.06. The van der Waals surface area contributed by atoms with Gasteiger partial charge in [-0.1, -0.05) is 35.5 Å². The molecule has 6 heteroatoms. The van der Waals surface area contributed by atoms with Gasteiger partial charge in [0.15, 0.2) is 5.16 Å². The van der Waals surface area contributed by atoms with Gasteiger partial charge in [-0.2, -0.15) is 0 Å². The van der Waals surface area contributed by atoms with E-state index in [0.29, 0.717) is 16.8 Å². The lowest BCUT2D eigenvalue weighted by Gasteiger charge is -2.04. The maximum Gasteiger partial charge on any atom is 0.316 e. The van der Waals surface area contributed by atoms with Crippen LogP contribution in [0.4, 0.5) is 0 Å². The molecule has 0 aliphatic rings. The average molecular weight is 309 g/mol. The van der Waals surface area contributed by atoms with Crippen LogP contribution in [0.1, 0.15) is 6.92 Å². The molecule has 1 aromatic heterocycles. The zero-order valence-electron chi connectivity index (χ0n) is 10.9. The molecule has 104 valence electrons. The minimum absolute atomic E-state index is 0.206. The number of ether oxygens (including phenoxy) is 1. The number of aromatic nitrogens is 2. The highest BCUT2D eigenvalue weighted by molar-refractivity contribution is 7.99. The zero-order valence-corrected chi connectivity index (χ0v) is 12.4. The molecule has 0 radical (unpaired) electrons. The van der Waals surface area contributed by atoms with Crippen LogP contribution in [-0.4, -0.2) is 28.3 Å². The van der Waals surface area contributed by atoms with Crippen LogP contribution >= 0.6 is 23.4 Å². The second kappa shape index (κ2) is 7.26. The van der Waals surface area contributed by atoms with Crippen LogP contribution in [0.15, 0.2) is 41.7 Å². The molecule has 0 fully saturated rings. The van der Waals surface area contributed by atoms with Crippen LogP contribution in [0.2, 0.25) is 5.02 Å². The summed E-state index contributed by atoms with van der Waals surface area (Å²) in [7, 11) is 0. The molecule has 1 heterocycles. The van der Waals surface area contributed by atoms with Gasteiger partial charge in [-0.15, -0.1) is 0 Å². The number of halogens is 1. The van der Waals surface area contributed by atoms with E-state index in [1.807, 2.05) is 30.3 Å². The third kappa shape index (κ3) is 4.21. The molecule has 1 aromatic carbocycles. The molecule has 0 aliphatic carbocycles. The monoisotopic (exact) mass is 308 g/mol. The van der Waals surface area contributed by atoms with Gasteiger partial charge in [0.05, 0.1) is 18.1 Å². The van der Waals surface area contributed by atoms with Gasteiger partial charge in [0.2, 0.25) is 0 Å². The Balaban J connectivity index is 2.08. The fraction of sp³-hybridized carbons (Fsp3) is 0.214. The second-order valence-corrected chi connectivity index (χ2v) is 5.20. The largest absolute Gasteiger partial charge is 0.465 e. The summed E-state index contributed by atoms with van der Waals surface area (Å²) < 4.78 is 4.86. The molecule has 0 amide bonds. The first kappa shape index (κ1) is 14.8. The third-order valence-corrected chi connectivity index (χ3v) is 3.48. The van der Waals surface area contributed by atoms with E-state index in [0.717, 1.165) is 11.3 Å². The van der Waals surface area contributed by atoms with E-state index < -0.39 is 0 Å². The molecular weight excluding hydrogens is 296 g/mol. The number of esters is 1. The number of nitrogens with zero attached hydrogens (tertiary/aromatic N) is 2. The molecule has 0 aliphatic heterocycles. The highest BCUT2D eigenvalue weighted by Crippen LogP contribution is 2.21. The minimum Gasteiger partial charge on any atom is -0.465 e. The number of rotatable bonds is 5. The van der Waals surface area contributed by atoms with E-state index in [-0.39, 0.29) is 11.7 Å². The maximum atomic E-state index is 11.3. The van der Waals surface area contributed by atoms with E-state index in [4.69, 9.17) is 16.3 Å². The van der Waals surface area contributed by atoms with Crippen molar-refractivity contribution in [2.45, 2.75) is 12.1 Å². The molecule has 0 atom stereocenters. The third-order valence-electron chi connectivity index (χ3n) is 2.40. The van der Waals surface area contributed by atoms with Gasteiger partial charge in [-0.25, -0.2) is 9.97 Å². The van der Waals surface area contributed by atoms with Crippen molar-refractivity contribution in [2.75, 3.05) is 12.4 Å². The Labute approximate surface area is 126 Å². The molecule has 0 bridgehead atoms. The van der Waals surface area contributed by atoms with Gasteiger partial charge in [-0.05, 0) is 25.1 Å². The van der Waals surface area contributed by atoms with Gasteiger partial charge < -0.3 is 4.74 Å². The predicted octanol–water partition coefficient (Wildman–Crippen LogP) is 3.45. The van der Waals surface area contributed by atoms with Gasteiger partial charge >= 0.3 is 5.97 Å². The lowest BCUT2D eigenvalue weighted by molar-refractivity contribution is -0.139. The van der Waals surface area contributed by atoms with E-state index in [9.17, 15) is 4.79 Å². The molecule has 0 spiro atoms. The minimum atomic E-state index is -0.266. The molecule has 0 saturated carbocycles. The Morgan fingerprint density at radius 1 is 1.30 bits per heavy atom. The van der Waals surface area contributed by atoms with Gasteiger partial charge in [0.25, 0.3) is 0 Å². The smallest absolute Gasteiger partial charge is 0.316 e. The van der Waals surface area contributed by atoms with Crippen molar-refractivity contribution in [2.24, 2.45) is 0 Å². The zero-order chi connectivity index (χ0) is 14.4. The number of thioether (sulfide) groups is 1. The lowest BCUT2D eigenvalue weighted by Crippen LogP contribution is -2.07.